The van der Waals surface area contributed by atoms with Gasteiger partial charge >= 0.3 is 0 Å². The minimum absolute atomic E-state index is 0. The van der Waals surface area contributed by atoms with Crippen LogP contribution in [0.2, 0.25) is 5.02 Å². The van der Waals surface area contributed by atoms with Crippen molar-refractivity contribution >= 4 is 42.3 Å². The number of nitrogens with zero attached hydrogens (tertiary/aromatic N) is 2. The fraction of sp³-hybridized carbons (Fsp3) is 0.435. The molecule has 1 spiro atoms. The number of amides is 1. The van der Waals surface area contributed by atoms with E-state index in [1.165, 1.54) is 11.1 Å². The highest BCUT2D eigenvalue weighted by atomic mass is 35.5. The molecular weight excluding hydrogens is 441 g/mol. The molecule has 30 heavy (non-hydrogen) atoms. The summed E-state index contributed by atoms with van der Waals surface area (Å²) in [6.45, 7) is 2.58. The number of rotatable bonds is 3. The van der Waals surface area contributed by atoms with Crippen molar-refractivity contribution in [3.05, 3.63) is 70.2 Å². The van der Waals surface area contributed by atoms with Crippen molar-refractivity contribution in [3.63, 3.8) is 0 Å². The second-order valence-corrected chi connectivity index (χ2v) is 8.56. The second-order valence-electron chi connectivity index (χ2n) is 8.12. The summed E-state index contributed by atoms with van der Waals surface area (Å²) >= 11 is 5.94. The average molecular weight is 471 g/mol. The largest absolute Gasteiger partial charge is 0.341 e. The van der Waals surface area contributed by atoms with E-state index in [1.54, 1.807) is 0 Å². The quantitative estimate of drug-likeness (QED) is 0.736. The molecule has 2 N–H and O–H groups in total. The summed E-state index contributed by atoms with van der Waals surface area (Å²) < 4.78 is 0. The predicted molar refractivity (Wildman–Crippen MR) is 128 cm³/mol. The molecule has 4 nitrogen and oxygen atoms in total. The zero-order valence-electron chi connectivity index (χ0n) is 17.2. The fourth-order valence-electron chi connectivity index (χ4n) is 4.84. The normalized spacial score (nSPS) is 18.7. The van der Waals surface area contributed by atoms with Crippen LogP contribution in [-0.2, 0) is 23.2 Å². The van der Waals surface area contributed by atoms with Gasteiger partial charge in [0.15, 0.2) is 0 Å². The van der Waals surface area contributed by atoms with Crippen LogP contribution in [0.4, 0.5) is 0 Å². The average Bonchev–Trinajstić information content (AvgIpc) is 2.73. The van der Waals surface area contributed by atoms with E-state index < -0.39 is 6.04 Å². The Kier molecular flexibility index (Phi) is 8.60. The van der Waals surface area contributed by atoms with Gasteiger partial charge in [-0.15, -0.1) is 24.8 Å². The van der Waals surface area contributed by atoms with Crippen molar-refractivity contribution in [1.29, 1.82) is 0 Å². The van der Waals surface area contributed by atoms with Gasteiger partial charge in [0.2, 0.25) is 5.91 Å². The van der Waals surface area contributed by atoms with Gasteiger partial charge in [0.1, 0.15) is 0 Å². The van der Waals surface area contributed by atoms with Crippen LogP contribution < -0.4 is 5.73 Å². The molecule has 2 aliphatic rings. The summed E-state index contributed by atoms with van der Waals surface area (Å²) in [6, 6.07) is 15.9. The number of hydrogen-bond donors (Lipinski definition) is 1. The molecule has 0 unspecified atom stereocenters. The third-order valence-electron chi connectivity index (χ3n) is 6.55. The highest BCUT2D eigenvalue weighted by molar-refractivity contribution is 6.30. The highest BCUT2D eigenvalue weighted by Gasteiger charge is 2.43. The van der Waals surface area contributed by atoms with Crippen LogP contribution in [0, 0.1) is 0 Å². The van der Waals surface area contributed by atoms with E-state index in [0.29, 0.717) is 11.4 Å². The SMILES string of the molecule is CN1CCc2ccccc2C12CCN(C(=O)[C@H](N)Cc1ccc(Cl)cc1)CC2.Cl.Cl. The first-order valence-corrected chi connectivity index (χ1v) is 10.5. The summed E-state index contributed by atoms with van der Waals surface area (Å²) in [6.07, 6.45) is 3.56. The van der Waals surface area contributed by atoms with Crippen LogP contribution in [-0.4, -0.2) is 48.4 Å². The number of carbonyl (C=O) groups excluding carboxylic acids is 1. The molecule has 164 valence electrons. The summed E-state index contributed by atoms with van der Waals surface area (Å²) in [5.74, 6) is 0.0524. The molecular formula is C23H30Cl3N3O. The lowest BCUT2D eigenvalue weighted by molar-refractivity contribution is -0.135. The molecule has 0 bridgehead atoms. The van der Waals surface area contributed by atoms with Crippen LogP contribution in [0.25, 0.3) is 0 Å². The number of halogens is 3. The number of likely N-dealkylation sites (N-methyl/N-ethyl adjacent to an activating group) is 1. The number of nitrogens with two attached hydrogens (primary N) is 1. The standard InChI is InChI=1S/C23H28ClN3O.2ClH/c1-26-13-10-18-4-2-3-5-20(18)23(26)11-14-27(15-12-23)22(28)21(25)16-17-6-8-19(24)9-7-17;;/h2-9,21H,10-16,25H2,1H3;2*1H/t21-;;/m1../s1. The molecule has 2 aliphatic heterocycles. The molecule has 1 fully saturated rings. The maximum absolute atomic E-state index is 12.9. The zero-order chi connectivity index (χ0) is 19.7. The Morgan fingerprint density at radius 2 is 1.70 bits per heavy atom. The Hall–Kier alpha value is -1.30. The van der Waals surface area contributed by atoms with Gasteiger partial charge in [0, 0.05) is 30.2 Å². The Morgan fingerprint density at radius 3 is 2.37 bits per heavy atom. The van der Waals surface area contributed by atoms with Gasteiger partial charge in [-0.1, -0.05) is 48.0 Å². The summed E-state index contributed by atoms with van der Waals surface area (Å²) in [5.41, 5.74) is 10.3. The molecule has 0 aromatic heterocycles. The van der Waals surface area contributed by atoms with Gasteiger partial charge in [0.05, 0.1) is 6.04 Å². The van der Waals surface area contributed by atoms with E-state index in [-0.39, 0.29) is 36.3 Å². The van der Waals surface area contributed by atoms with Crippen molar-refractivity contribution in [2.75, 3.05) is 26.7 Å². The number of piperidine rings is 1. The number of carbonyl (C=O) groups is 1. The van der Waals surface area contributed by atoms with Gasteiger partial charge in [-0.3, -0.25) is 9.69 Å². The van der Waals surface area contributed by atoms with Crippen LogP contribution in [0.3, 0.4) is 0 Å². The molecule has 0 aliphatic carbocycles. The molecule has 2 aromatic rings. The lowest BCUT2D eigenvalue weighted by atomic mass is 9.74. The van der Waals surface area contributed by atoms with Gasteiger partial charge in [-0.2, -0.15) is 0 Å². The monoisotopic (exact) mass is 469 g/mol. The lowest BCUT2D eigenvalue weighted by Gasteiger charge is -2.51. The van der Waals surface area contributed by atoms with Crippen molar-refractivity contribution in [2.45, 2.75) is 37.3 Å². The Labute approximate surface area is 196 Å². The van der Waals surface area contributed by atoms with Gasteiger partial charge in [0.25, 0.3) is 0 Å². The third kappa shape index (κ3) is 4.79. The summed E-state index contributed by atoms with van der Waals surface area (Å²) in [5, 5.41) is 0.696. The molecule has 4 rings (SSSR count). The smallest absolute Gasteiger partial charge is 0.239 e. The van der Waals surface area contributed by atoms with Crippen LogP contribution in [0.15, 0.2) is 48.5 Å². The topological polar surface area (TPSA) is 49.6 Å². The van der Waals surface area contributed by atoms with E-state index in [0.717, 1.165) is 44.5 Å². The number of benzene rings is 2. The maximum Gasteiger partial charge on any atom is 0.239 e. The van der Waals surface area contributed by atoms with Crippen LogP contribution in [0.5, 0.6) is 0 Å². The zero-order valence-corrected chi connectivity index (χ0v) is 19.6. The van der Waals surface area contributed by atoms with Crippen LogP contribution in [0.1, 0.15) is 29.5 Å². The Bertz CT molecular complexity index is 851. The third-order valence-corrected chi connectivity index (χ3v) is 6.81. The molecule has 7 heteroatoms. The van der Waals surface area contributed by atoms with Crippen molar-refractivity contribution in [2.24, 2.45) is 5.73 Å². The molecule has 2 heterocycles. The van der Waals surface area contributed by atoms with E-state index in [2.05, 4.69) is 36.2 Å². The molecule has 1 atom stereocenters. The Morgan fingerprint density at radius 1 is 1.07 bits per heavy atom. The minimum Gasteiger partial charge on any atom is -0.341 e. The molecule has 0 radical (unpaired) electrons. The Balaban J connectivity index is 0.00000160. The van der Waals surface area contributed by atoms with E-state index in [1.807, 2.05) is 29.2 Å². The summed E-state index contributed by atoms with van der Waals surface area (Å²) in [7, 11) is 2.22. The van der Waals surface area contributed by atoms with Gasteiger partial charge in [-0.25, -0.2) is 0 Å². The fourth-order valence-corrected chi connectivity index (χ4v) is 4.97. The highest BCUT2D eigenvalue weighted by Crippen LogP contribution is 2.42. The van der Waals surface area contributed by atoms with Gasteiger partial charge < -0.3 is 10.6 Å². The molecule has 0 saturated carbocycles. The van der Waals surface area contributed by atoms with Crippen LogP contribution >= 0.6 is 36.4 Å². The lowest BCUT2D eigenvalue weighted by Crippen LogP contribution is -2.57. The van der Waals surface area contributed by atoms with Crippen molar-refractivity contribution in [1.82, 2.24) is 9.80 Å². The molecule has 1 saturated heterocycles. The first-order valence-electron chi connectivity index (χ1n) is 10.1. The minimum atomic E-state index is -0.508. The first-order chi connectivity index (χ1) is 13.5. The molecule has 2 aromatic carbocycles. The van der Waals surface area contributed by atoms with Crippen molar-refractivity contribution in [3.8, 4) is 0 Å². The predicted octanol–water partition coefficient (Wildman–Crippen LogP) is 4.06. The number of hydrogen-bond acceptors (Lipinski definition) is 3. The van der Waals surface area contributed by atoms with E-state index in [9.17, 15) is 4.79 Å². The maximum atomic E-state index is 12.9. The van der Waals surface area contributed by atoms with E-state index in [4.69, 9.17) is 17.3 Å². The number of fused-ring (bicyclic) bond motifs is 2. The molecule has 1 amide bonds. The first kappa shape index (κ1) is 25.0. The van der Waals surface area contributed by atoms with Crippen molar-refractivity contribution < 1.29 is 4.79 Å². The summed E-state index contributed by atoms with van der Waals surface area (Å²) in [4.78, 5) is 17.4. The van der Waals surface area contributed by atoms with E-state index >= 15 is 0 Å². The number of likely N-dealkylation sites (tertiary alicyclic amines) is 1. The van der Waals surface area contributed by atoms with Gasteiger partial charge in [-0.05, 0) is 61.6 Å². The second kappa shape index (κ2) is 10.3.